The predicted molar refractivity (Wildman–Crippen MR) is 167 cm³/mol. The van der Waals surface area contributed by atoms with E-state index in [1.807, 2.05) is 0 Å². The van der Waals surface area contributed by atoms with E-state index in [1.54, 1.807) is 0 Å². The Morgan fingerprint density at radius 3 is 1.38 bits per heavy atom. The molecule has 1 fully saturated rings. The van der Waals surface area contributed by atoms with Gasteiger partial charge in [0.15, 0.2) is 0 Å². The maximum Gasteiger partial charge on any atom is 0.310 e. The Balaban J connectivity index is 1.48. The zero-order chi connectivity index (χ0) is 26.5. The van der Waals surface area contributed by atoms with Gasteiger partial charge in [-0.1, -0.05) is 121 Å². The average Bonchev–Trinajstić information content (AvgIpc) is 3.39. The van der Waals surface area contributed by atoms with Gasteiger partial charge in [0.1, 0.15) is 11.2 Å². The molecule has 0 radical (unpaired) electrons. The van der Waals surface area contributed by atoms with E-state index in [-0.39, 0.29) is 12.1 Å². The molecule has 194 valence electrons. The van der Waals surface area contributed by atoms with Crippen molar-refractivity contribution in [1.29, 1.82) is 0 Å². The van der Waals surface area contributed by atoms with Crippen LogP contribution in [0.3, 0.4) is 0 Å². The molecule has 6 aromatic carbocycles. The largest absolute Gasteiger partial charge is 0.408 e. The van der Waals surface area contributed by atoms with Crippen molar-refractivity contribution in [1.82, 2.24) is 0 Å². The summed E-state index contributed by atoms with van der Waals surface area (Å²) in [6.07, 6.45) is 2.09. The van der Waals surface area contributed by atoms with E-state index >= 15 is 0 Å². The van der Waals surface area contributed by atoms with Crippen molar-refractivity contribution in [3.63, 3.8) is 0 Å². The maximum atomic E-state index is 7.05. The Bertz CT molecular complexity index is 1890. The number of hydrogen-bond donors (Lipinski definition) is 0. The number of rotatable bonds is 3. The molecule has 1 saturated heterocycles. The number of hydrogen-bond acceptors (Lipinski definition) is 3. The van der Waals surface area contributed by atoms with Crippen LogP contribution in [0.25, 0.3) is 43.5 Å². The van der Waals surface area contributed by atoms with Crippen molar-refractivity contribution in [2.45, 2.75) is 24.9 Å². The van der Waals surface area contributed by atoms with Crippen molar-refractivity contribution in [2.75, 3.05) is 4.67 Å². The van der Waals surface area contributed by atoms with Crippen LogP contribution in [0.1, 0.15) is 36.1 Å². The molecular formula is C36H28NO2P. The molecular weight excluding hydrogens is 509 g/mol. The molecule has 8 rings (SSSR count). The van der Waals surface area contributed by atoms with E-state index < -0.39 is 8.16 Å². The lowest BCUT2D eigenvalue weighted by Crippen LogP contribution is -2.22. The van der Waals surface area contributed by atoms with Crippen molar-refractivity contribution in [3.8, 4) is 0 Å². The molecule has 0 aliphatic carbocycles. The van der Waals surface area contributed by atoms with Gasteiger partial charge in [0.2, 0.25) is 0 Å². The van der Waals surface area contributed by atoms with Gasteiger partial charge in [-0.15, -0.1) is 0 Å². The molecule has 4 heteroatoms. The monoisotopic (exact) mass is 537 g/mol. The summed E-state index contributed by atoms with van der Waals surface area (Å²) in [5, 5.41) is 6.97. The van der Waals surface area contributed by atoms with Crippen LogP contribution in [0.5, 0.6) is 0 Å². The standard InChI is InChI=1S/C36H28NO2P/c1-3-13-27(14-4-1)31-21-22-32(28-15-5-2-6-16-28)37(31)40-38-33-23-19-25-11-7-9-17-29(25)35(33)36-30-18-10-8-12-26(30)20-24-34(36)39-40/h1-20,23-24,31-32H,21-22H2/t31-,32-/m0/s1. The van der Waals surface area contributed by atoms with Crippen molar-refractivity contribution < 1.29 is 8.39 Å². The van der Waals surface area contributed by atoms with Gasteiger partial charge in [-0.25, -0.2) is 0 Å². The van der Waals surface area contributed by atoms with Crippen LogP contribution in [0.15, 0.2) is 142 Å². The summed E-state index contributed by atoms with van der Waals surface area (Å²) in [5.41, 5.74) is 4.37. The number of nitrogens with zero attached hydrogens (tertiary/aromatic N) is 1. The van der Waals surface area contributed by atoms with Gasteiger partial charge < -0.3 is 8.39 Å². The molecule has 0 amide bonds. The highest BCUT2D eigenvalue weighted by molar-refractivity contribution is 7.39. The summed E-state index contributed by atoms with van der Waals surface area (Å²) in [6.45, 7) is 0. The lowest BCUT2D eigenvalue weighted by atomic mass is 9.99. The molecule has 0 bridgehead atoms. The van der Waals surface area contributed by atoms with E-state index in [4.69, 9.17) is 8.39 Å². The highest BCUT2D eigenvalue weighted by Crippen LogP contribution is 2.53. The van der Waals surface area contributed by atoms with Crippen LogP contribution in [0.2, 0.25) is 0 Å². The molecule has 0 saturated carbocycles. The zero-order valence-electron chi connectivity index (χ0n) is 22.0. The highest BCUT2D eigenvalue weighted by Gasteiger charge is 2.39. The third-order valence-electron chi connectivity index (χ3n) is 8.29. The molecule has 0 spiro atoms. The minimum atomic E-state index is -1.48. The Hall–Kier alpha value is -4.30. The van der Waals surface area contributed by atoms with Gasteiger partial charge in [0.25, 0.3) is 0 Å². The van der Waals surface area contributed by atoms with Crippen LogP contribution in [0.4, 0.5) is 0 Å². The zero-order valence-corrected chi connectivity index (χ0v) is 22.9. The van der Waals surface area contributed by atoms with E-state index in [0.717, 1.165) is 34.8 Å². The first-order valence-corrected chi connectivity index (χ1v) is 15.1. The Kier molecular flexibility index (Phi) is 5.72. The third-order valence-corrected chi connectivity index (χ3v) is 9.93. The van der Waals surface area contributed by atoms with E-state index in [2.05, 4.69) is 138 Å². The molecule has 7 aromatic rings. The van der Waals surface area contributed by atoms with Crippen LogP contribution < -0.4 is 4.67 Å². The molecule has 2 heterocycles. The maximum absolute atomic E-state index is 7.05. The topological polar surface area (TPSA) is 29.5 Å². The quantitative estimate of drug-likeness (QED) is 0.224. The molecule has 1 aliphatic heterocycles. The third kappa shape index (κ3) is 3.85. The lowest BCUT2D eigenvalue weighted by Gasteiger charge is -2.27. The van der Waals surface area contributed by atoms with Gasteiger partial charge in [-0.2, -0.15) is 4.67 Å². The van der Waals surface area contributed by atoms with Gasteiger partial charge in [0.05, 0.1) is 0 Å². The highest BCUT2D eigenvalue weighted by atomic mass is 31.1. The second-order valence-electron chi connectivity index (χ2n) is 10.6. The Labute approximate surface area is 233 Å². The predicted octanol–water partition coefficient (Wildman–Crippen LogP) is 10.8. The molecule has 3 nitrogen and oxygen atoms in total. The summed E-state index contributed by atoms with van der Waals surface area (Å²) in [5.74, 6) is 0. The first-order chi connectivity index (χ1) is 19.8. The van der Waals surface area contributed by atoms with Gasteiger partial charge in [-0.05, 0) is 57.6 Å². The van der Waals surface area contributed by atoms with Crippen molar-refractivity contribution in [2.24, 2.45) is 0 Å². The van der Waals surface area contributed by atoms with E-state index in [9.17, 15) is 0 Å². The molecule has 1 aromatic heterocycles. The lowest BCUT2D eigenvalue weighted by molar-refractivity contribution is 0.594. The molecule has 0 N–H and O–H groups in total. The normalized spacial score (nSPS) is 17.7. The van der Waals surface area contributed by atoms with Gasteiger partial charge >= 0.3 is 8.16 Å². The smallest absolute Gasteiger partial charge is 0.310 e. The van der Waals surface area contributed by atoms with Crippen LogP contribution in [-0.4, -0.2) is 0 Å². The fraction of sp³-hybridized carbons (Fsp3) is 0.111. The molecule has 1 aliphatic rings. The van der Waals surface area contributed by atoms with E-state index in [0.29, 0.717) is 0 Å². The first-order valence-electron chi connectivity index (χ1n) is 13.9. The second kappa shape index (κ2) is 9.71. The van der Waals surface area contributed by atoms with Crippen molar-refractivity contribution >= 4 is 51.6 Å². The Morgan fingerprint density at radius 1 is 0.475 bits per heavy atom. The Morgan fingerprint density at radius 2 is 0.900 bits per heavy atom. The fourth-order valence-electron chi connectivity index (χ4n) is 6.47. The molecule has 2 atom stereocenters. The summed E-state index contributed by atoms with van der Waals surface area (Å²) in [4.78, 5) is 0. The molecule has 40 heavy (non-hydrogen) atoms. The van der Waals surface area contributed by atoms with Crippen molar-refractivity contribution in [3.05, 3.63) is 145 Å². The molecule has 0 unspecified atom stereocenters. The SMILES string of the molecule is c1ccc([C@@H]2CC[C@@H](c3ccccc3)N2p2oc3ccc4ccccc4c3c3c(ccc4ccccc43)o2)cc1. The summed E-state index contributed by atoms with van der Waals surface area (Å²) in [6, 6.07) is 47.8. The average molecular weight is 538 g/mol. The number of benzene rings is 6. The van der Waals surface area contributed by atoms with E-state index in [1.165, 1.54) is 32.7 Å². The van der Waals surface area contributed by atoms with Gasteiger partial charge in [-0.3, -0.25) is 0 Å². The second-order valence-corrected chi connectivity index (χ2v) is 11.9. The number of fused-ring (bicyclic) bond motifs is 7. The minimum Gasteiger partial charge on any atom is -0.408 e. The summed E-state index contributed by atoms with van der Waals surface area (Å²) in [7, 11) is -1.48. The van der Waals surface area contributed by atoms with Gasteiger partial charge in [0, 0.05) is 22.9 Å². The van der Waals surface area contributed by atoms with Crippen LogP contribution in [0, 0.1) is 0 Å². The summed E-state index contributed by atoms with van der Waals surface area (Å²) >= 11 is 0. The first kappa shape index (κ1) is 23.6. The van der Waals surface area contributed by atoms with Crippen LogP contribution >= 0.6 is 8.16 Å². The summed E-state index contributed by atoms with van der Waals surface area (Å²) < 4.78 is 16.6. The minimum absolute atomic E-state index is 0.198. The van der Waals surface area contributed by atoms with Crippen LogP contribution in [-0.2, 0) is 0 Å². The fourth-order valence-corrected chi connectivity index (χ4v) is 8.29.